The van der Waals surface area contributed by atoms with Crippen LogP contribution < -0.4 is 10.6 Å². The highest BCUT2D eigenvalue weighted by Crippen LogP contribution is 2.40. The van der Waals surface area contributed by atoms with Gasteiger partial charge >= 0.3 is 6.03 Å². The van der Waals surface area contributed by atoms with Crippen molar-refractivity contribution in [3.05, 3.63) is 12.3 Å². The van der Waals surface area contributed by atoms with Crippen LogP contribution in [0.1, 0.15) is 58.4 Å². The molecule has 2 heterocycles. The van der Waals surface area contributed by atoms with Gasteiger partial charge in [-0.3, -0.25) is 14.5 Å². The molecule has 2 N–H and O–H groups in total. The number of hydrogen-bond donors (Lipinski definition) is 2. The van der Waals surface area contributed by atoms with Gasteiger partial charge in [-0.1, -0.05) is 6.92 Å². The molecule has 8 nitrogen and oxygen atoms in total. The Bertz CT molecular complexity index is 761. The first-order valence-corrected chi connectivity index (χ1v) is 9.87. The molecule has 1 aromatic heterocycles. The minimum absolute atomic E-state index is 0.222. The molecule has 0 aromatic carbocycles. The second-order valence-electron chi connectivity index (χ2n) is 8.37. The Hall–Kier alpha value is -2.38. The van der Waals surface area contributed by atoms with Crippen LogP contribution in [0.4, 0.5) is 10.6 Å². The van der Waals surface area contributed by atoms with Crippen molar-refractivity contribution in [2.24, 2.45) is 11.8 Å². The molecule has 146 valence electrons. The van der Waals surface area contributed by atoms with Crippen LogP contribution >= 0.6 is 0 Å². The van der Waals surface area contributed by atoms with E-state index in [1.807, 2.05) is 4.68 Å². The number of amides is 4. The lowest BCUT2D eigenvalue weighted by molar-refractivity contribution is -0.135. The summed E-state index contributed by atoms with van der Waals surface area (Å²) < 4.78 is 1.81. The Balaban J connectivity index is 1.41. The lowest BCUT2D eigenvalue weighted by Crippen LogP contribution is -2.49. The average Bonchev–Trinajstić information content (AvgIpc) is 3.35. The third kappa shape index (κ3) is 3.33. The van der Waals surface area contributed by atoms with Gasteiger partial charge in [-0.2, -0.15) is 5.10 Å². The Kier molecular flexibility index (Phi) is 4.44. The number of carbonyl (C=O) groups is 3. The number of rotatable bonds is 5. The topological polar surface area (TPSA) is 96.3 Å². The van der Waals surface area contributed by atoms with Gasteiger partial charge < -0.3 is 10.6 Å². The maximum absolute atomic E-state index is 12.9. The molecule has 3 fully saturated rings. The Morgan fingerprint density at radius 1 is 1.33 bits per heavy atom. The van der Waals surface area contributed by atoms with Crippen molar-refractivity contribution in [3.8, 4) is 0 Å². The van der Waals surface area contributed by atoms with Gasteiger partial charge in [0.25, 0.3) is 5.91 Å². The van der Waals surface area contributed by atoms with Crippen molar-refractivity contribution in [1.82, 2.24) is 20.0 Å². The summed E-state index contributed by atoms with van der Waals surface area (Å²) in [7, 11) is 0. The fourth-order valence-electron chi connectivity index (χ4n) is 4.26. The Morgan fingerprint density at radius 3 is 2.70 bits per heavy atom. The molecule has 1 aromatic rings. The van der Waals surface area contributed by atoms with Crippen molar-refractivity contribution in [3.63, 3.8) is 0 Å². The zero-order valence-corrected chi connectivity index (χ0v) is 15.9. The van der Waals surface area contributed by atoms with Gasteiger partial charge in [0, 0.05) is 6.07 Å². The van der Waals surface area contributed by atoms with E-state index in [0.29, 0.717) is 30.5 Å². The monoisotopic (exact) mass is 373 g/mol. The standard InChI is InChI=1S/C19H27N5O3/c1-12-5-8-19(9-6-12)17(26)23(18(27)22-19)11-16(25)21-15-7-10-20-24(15)13(2)14-3-4-14/h7,10,12-14H,3-6,8-9,11H2,1-2H3,(H,21,25)(H,22,27). The summed E-state index contributed by atoms with van der Waals surface area (Å²) in [6.07, 6.45) is 7.11. The summed E-state index contributed by atoms with van der Waals surface area (Å²) in [5.74, 6) is 1.11. The number of imide groups is 1. The van der Waals surface area contributed by atoms with E-state index in [4.69, 9.17) is 0 Å². The second-order valence-corrected chi connectivity index (χ2v) is 8.37. The van der Waals surface area contributed by atoms with Crippen LogP contribution in [-0.4, -0.2) is 44.6 Å². The summed E-state index contributed by atoms with van der Waals surface area (Å²) in [6, 6.07) is 1.50. The van der Waals surface area contributed by atoms with E-state index >= 15 is 0 Å². The predicted molar refractivity (Wildman–Crippen MR) is 98.9 cm³/mol. The van der Waals surface area contributed by atoms with Crippen molar-refractivity contribution < 1.29 is 14.4 Å². The maximum Gasteiger partial charge on any atom is 0.325 e. The molecule has 1 spiro atoms. The lowest BCUT2D eigenvalue weighted by Gasteiger charge is -2.33. The smallest absolute Gasteiger partial charge is 0.323 e. The number of urea groups is 1. The van der Waals surface area contributed by atoms with Crippen LogP contribution in [0.2, 0.25) is 0 Å². The predicted octanol–water partition coefficient (Wildman–Crippen LogP) is 2.29. The molecule has 27 heavy (non-hydrogen) atoms. The first kappa shape index (κ1) is 18.0. The number of nitrogens with zero attached hydrogens (tertiary/aromatic N) is 3. The van der Waals surface area contributed by atoms with E-state index in [0.717, 1.165) is 17.7 Å². The van der Waals surface area contributed by atoms with Gasteiger partial charge in [0.2, 0.25) is 5.91 Å². The van der Waals surface area contributed by atoms with Gasteiger partial charge in [0.15, 0.2) is 0 Å². The van der Waals surface area contributed by atoms with Gasteiger partial charge in [0.1, 0.15) is 17.9 Å². The first-order chi connectivity index (χ1) is 12.9. The molecule has 1 aliphatic heterocycles. The number of anilines is 1. The lowest BCUT2D eigenvalue weighted by atomic mass is 9.77. The number of nitrogens with one attached hydrogen (secondary N) is 2. The molecule has 4 rings (SSSR count). The highest BCUT2D eigenvalue weighted by Gasteiger charge is 2.52. The minimum atomic E-state index is -0.813. The molecular weight excluding hydrogens is 346 g/mol. The van der Waals surface area contributed by atoms with E-state index in [2.05, 4.69) is 29.6 Å². The number of carbonyl (C=O) groups excluding carboxylic acids is 3. The SMILES string of the molecule is CC1CCC2(CC1)NC(=O)N(CC(=O)Nc1ccnn1C(C)C1CC1)C2=O. The third-order valence-corrected chi connectivity index (χ3v) is 6.30. The van der Waals surface area contributed by atoms with E-state index in [1.54, 1.807) is 12.3 Å². The molecule has 2 saturated carbocycles. The largest absolute Gasteiger partial charge is 0.325 e. The van der Waals surface area contributed by atoms with Crippen LogP contribution in [0.3, 0.4) is 0 Å². The molecule has 4 amide bonds. The second kappa shape index (κ2) is 6.65. The molecule has 1 saturated heterocycles. The molecule has 1 unspecified atom stereocenters. The van der Waals surface area contributed by atoms with Crippen LogP contribution in [0, 0.1) is 11.8 Å². The molecule has 2 aliphatic carbocycles. The summed E-state index contributed by atoms with van der Waals surface area (Å²) in [5, 5.41) is 9.96. The van der Waals surface area contributed by atoms with Crippen molar-refractivity contribution in [2.75, 3.05) is 11.9 Å². The number of hydrogen-bond acceptors (Lipinski definition) is 4. The van der Waals surface area contributed by atoms with E-state index < -0.39 is 11.6 Å². The summed E-state index contributed by atoms with van der Waals surface area (Å²) in [5.41, 5.74) is -0.813. The normalized spacial score (nSPS) is 29.1. The summed E-state index contributed by atoms with van der Waals surface area (Å²) >= 11 is 0. The average molecular weight is 373 g/mol. The summed E-state index contributed by atoms with van der Waals surface area (Å²) in [6.45, 7) is 3.97. The molecular formula is C19H27N5O3. The molecule has 0 bridgehead atoms. The van der Waals surface area contributed by atoms with Gasteiger partial charge in [-0.25, -0.2) is 9.48 Å². The van der Waals surface area contributed by atoms with Crippen molar-refractivity contribution >= 4 is 23.7 Å². The van der Waals surface area contributed by atoms with Crippen molar-refractivity contribution in [2.45, 2.75) is 64.0 Å². The van der Waals surface area contributed by atoms with Crippen LogP contribution in [0.15, 0.2) is 12.3 Å². The Morgan fingerprint density at radius 2 is 2.04 bits per heavy atom. The maximum atomic E-state index is 12.9. The minimum Gasteiger partial charge on any atom is -0.323 e. The van der Waals surface area contributed by atoms with Crippen LogP contribution in [0.25, 0.3) is 0 Å². The zero-order chi connectivity index (χ0) is 19.2. The molecule has 3 aliphatic rings. The zero-order valence-electron chi connectivity index (χ0n) is 15.9. The summed E-state index contributed by atoms with van der Waals surface area (Å²) in [4.78, 5) is 38.8. The van der Waals surface area contributed by atoms with Crippen LogP contribution in [0.5, 0.6) is 0 Å². The Labute approximate surface area is 158 Å². The van der Waals surface area contributed by atoms with Crippen LogP contribution in [-0.2, 0) is 9.59 Å². The van der Waals surface area contributed by atoms with Gasteiger partial charge in [-0.15, -0.1) is 0 Å². The number of aromatic nitrogens is 2. The molecule has 1 atom stereocenters. The van der Waals surface area contributed by atoms with E-state index in [-0.39, 0.29) is 24.4 Å². The highest BCUT2D eigenvalue weighted by molar-refractivity contribution is 6.10. The first-order valence-electron chi connectivity index (χ1n) is 9.87. The van der Waals surface area contributed by atoms with E-state index in [9.17, 15) is 14.4 Å². The van der Waals surface area contributed by atoms with E-state index in [1.165, 1.54) is 12.8 Å². The highest BCUT2D eigenvalue weighted by atomic mass is 16.2. The van der Waals surface area contributed by atoms with Gasteiger partial charge in [-0.05, 0) is 57.3 Å². The fourth-order valence-corrected chi connectivity index (χ4v) is 4.26. The van der Waals surface area contributed by atoms with Crippen molar-refractivity contribution in [1.29, 1.82) is 0 Å². The fraction of sp³-hybridized carbons (Fsp3) is 0.684. The molecule has 0 radical (unpaired) electrons. The quantitative estimate of drug-likeness (QED) is 0.774. The molecule has 8 heteroatoms. The third-order valence-electron chi connectivity index (χ3n) is 6.30. The van der Waals surface area contributed by atoms with Gasteiger partial charge in [0.05, 0.1) is 12.2 Å².